The van der Waals surface area contributed by atoms with Crippen molar-refractivity contribution < 1.29 is 17.2 Å². The molecule has 0 aliphatic rings. The predicted molar refractivity (Wildman–Crippen MR) is 108 cm³/mol. The van der Waals surface area contributed by atoms with Crippen LogP contribution in [0.3, 0.4) is 0 Å². The number of hydrogen-bond acceptors (Lipinski definition) is 3. The molecule has 1 N–H and O–H groups in total. The number of rotatable bonds is 5. The molecule has 0 aliphatic carbocycles. The lowest BCUT2D eigenvalue weighted by molar-refractivity contribution is 0.509. The van der Waals surface area contributed by atoms with Crippen LogP contribution in [0.4, 0.5) is 20.2 Å². The van der Waals surface area contributed by atoms with Crippen LogP contribution in [0.2, 0.25) is 5.02 Å². The second-order valence-corrected chi connectivity index (χ2v) is 8.38. The smallest absolute Gasteiger partial charge is 0.261 e. The third-order valence-electron chi connectivity index (χ3n) is 4.10. The Hall–Kier alpha value is -2.64. The Kier molecular flexibility index (Phi) is 5.58. The van der Waals surface area contributed by atoms with Crippen molar-refractivity contribution in [2.24, 2.45) is 0 Å². The van der Waals surface area contributed by atoms with Gasteiger partial charge in [-0.1, -0.05) is 35.9 Å². The van der Waals surface area contributed by atoms with Crippen LogP contribution in [-0.4, -0.2) is 22.5 Å². The lowest BCUT2D eigenvalue weighted by Gasteiger charge is -2.18. The van der Waals surface area contributed by atoms with Crippen molar-refractivity contribution in [1.82, 2.24) is 0 Å². The highest BCUT2D eigenvalue weighted by molar-refractivity contribution is 7.92. The molecule has 28 heavy (non-hydrogen) atoms. The van der Waals surface area contributed by atoms with Crippen LogP contribution < -0.4 is 9.62 Å². The highest BCUT2D eigenvalue weighted by Gasteiger charge is 2.19. The molecule has 146 valence electrons. The fourth-order valence-corrected chi connectivity index (χ4v) is 4.07. The monoisotopic (exact) mass is 422 g/mol. The van der Waals surface area contributed by atoms with Gasteiger partial charge >= 0.3 is 0 Å². The van der Waals surface area contributed by atoms with Crippen molar-refractivity contribution in [1.29, 1.82) is 0 Å². The molecular weight excluding hydrogens is 406 g/mol. The maximum Gasteiger partial charge on any atom is 0.261 e. The van der Waals surface area contributed by atoms with E-state index in [-0.39, 0.29) is 16.1 Å². The molecule has 0 unspecified atom stereocenters. The number of benzene rings is 3. The molecule has 8 heteroatoms. The van der Waals surface area contributed by atoms with E-state index in [2.05, 4.69) is 4.72 Å². The third kappa shape index (κ3) is 4.10. The second-order valence-electron chi connectivity index (χ2n) is 6.29. The molecule has 0 amide bonds. The number of anilines is 2. The van der Waals surface area contributed by atoms with E-state index >= 15 is 0 Å². The molecule has 0 saturated heterocycles. The Morgan fingerprint density at radius 1 is 0.929 bits per heavy atom. The van der Waals surface area contributed by atoms with Gasteiger partial charge in [0.1, 0.15) is 0 Å². The number of nitrogens with one attached hydrogen (secondary N) is 1. The molecule has 3 aromatic carbocycles. The molecule has 0 bridgehead atoms. The topological polar surface area (TPSA) is 49.4 Å². The van der Waals surface area contributed by atoms with Gasteiger partial charge in [-0.15, -0.1) is 0 Å². The Morgan fingerprint density at radius 3 is 2.21 bits per heavy atom. The summed E-state index contributed by atoms with van der Waals surface area (Å²) in [5, 5.41) is 0.475. The van der Waals surface area contributed by atoms with Gasteiger partial charge in [-0.2, -0.15) is 0 Å². The van der Waals surface area contributed by atoms with Crippen LogP contribution in [0.1, 0.15) is 0 Å². The first-order valence-electron chi connectivity index (χ1n) is 8.23. The highest BCUT2D eigenvalue weighted by atomic mass is 35.5. The summed E-state index contributed by atoms with van der Waals surface area (Å²) in [6.07, 6.45) is 0. The number of hydrogen-bond donors (Lipinski definition) is 1. The summed E-state index contributed by atoms with van der Waals surface area (Å²) in [4.78, 5) is 1.77. The number of halogens is 3. The standard InChI is InChI=1S/C20H17ClF2N2O2S/c1-25(2)20-10-13(8-9-16(20)21)15-11-17(22)18(23)12-19(15)24-28(26,27)14-6-4-3-5-7-14/h3-12,24H,1-2H3. The van der Waals surface area contributed by atoms with Crippen LogP contribution in [0, 0.1) is 11.6 Å². The highest BCUT2D eigenvalue weighted by Crippen LogP contribution is 2.36. The van der Waals surface area contributed by atoms with Crippen molar-refractivity contribution >= 4 is 33.0 Å². The average Bonchev–Trinajstić information content (AvgIpc) is 2.65. The van der Waals surface area contributed by atoms with Crippen molar-refractivity contribution in [3.63, 3.8) is 0 Å². The fourth-order valence-electron chi connectivity index (χ4n) is 2.70. The molecule has 3 rings (SSSR count). The van der Waals surface area contributed by atoms with E-state index in [9.17, 15) is 17.2 Å². The Labute approximate surface area is 167 Å². The zero-order valence-electron chi connectivity index (χ0n) is 15.1. The summed E-state index contributed by atoms with van der Waals surface area (Å²) in [6, 6.07) is 14.3. The third-order valence-corrected chi connectivity index (χ3v) is 5.80. The van der Waals surface area contributed by atoms with E-state index < -0.39 is 21.7 Å². The van der Waals surface area contributed by atoms with E-state index in [1.807, 2.05) is 0 Å². The van der Waals surface area contributed by atoms with E-state index in [0.29, 0.717) is 16.3 Å². The van der Waals surface area contributed by atoms with Gasteiger partial charge in [-0.05, 0) is 35.9 Å². The normalized spacial score (nSPS) is 11.3. The molecule has 3 aromatic rings. The minimum absolute atomic E-state index is 0.00997. The van der Waals surface area contributed by atoms with Crippen molar-refractivity contribution in [3.8, 4) is 11.1 Å². The lowest BCUT2D eigenvalue weighted by Crippen LogP contribution is -2.14. The van der Waals surface area contributed by atoms with Crippen molar-refractivity contribution in [3.05, 3.63) is 77.3 Å². The van der Waals surface area contributed by atoms with Crippen molar-refractivity contribution in [2.45, 2.75) is 4.90 Å². The van der Waals surface area contributed by atoms with E-state index in [4.69, 9.17) is 11.6 Å². The summed E-state index contributed by atoms with van der Waals surface area (Å²) >= 11 is 6.17. The van der Waals surface area contributed by atoms with Crippen LogP contribution in [0.25, 0.3) is 11.1 Å². The number of sulfonamides is 1. The molecule has 0 aliphatic heterocycles. The van der Waals surface area contributed by atoms with Gasteiger partial charge in [0, 0.05) is 25.7 Å². The largest absolute Gasteiger partial charge is 0.376 e. The van der Waals surface area contributed by atoms with Gasteiger partial charge in [0.2, 0.25) is 0 Å². The molecule has 4 nitrogen and oxygen atoms in total. The molecular formula is C20H17ClF2N2O2S. The summed E-state index contributed by atoms with van der Waals surface area (Å²) in [7, 11) is -0.410. The van der Waals surface area contributed by atoms with Gasteiger partial charge in [-0.25, -0.2) is 17.2 Å². The van der Waals surface area contributed by atoms with Crippen LogP contribution >= 0.6 is 11.6 Å². The van der Waals surface area contributed by atoms with E-state index in [0.717, 1.165) is 12.1 Å². The quantitative estimate of drug-likeness (QED) is 0.618. The summed E-state index contributed by atoms with van der Waals surface area (Å²) < 4.78 is 55.5. The van der Waals surface area contributed by atoms with E-state index in [1.54, 1.807) is 55.4 Å². The molecule has 0 saturated carbocycles. The molecule has 0 atom stereocenters. The summed E-state index contributed by atoms with van der Waals surface area (Å²) in [5.74, 6) is -2.24. The Balaban J connectivity index is 2.14. The minimum Gasteiger partial charge on any atom is -0.376 e. The number of nitrogens with zero attached hydrogens (tertiary/aromatic N) is 1. The first kappa shape index (κ1) is 20.1. The summed E-state index contributed by atoms with van der Waals surface area (Å²) in [6.45, 7) is 0. The minimum atomic E-state index is -3.98. The SMILES string of the molecule is CN(C)c1cc(-c2cc(F)c(F)cc2NS(=O)(=O)c2ccccc2)ccc1Cl. The van der Waals surface area contributed by atoms with Gasteiger partial charge in [0.05, 0.1) is 21.3 Å². The lowest BCUT2D eigenvalue weighted by atomic mass is 10.0. The molecule has 0 radical (unpaired) electrons. The Morgan fingerprint density at radius 2 is 1.57 bits per heavy atom. The predicted octanol–water partition coefficient (Wildman–Crippen LogP) is 5.15. The zero-order valence-corrected chi connectivity index (χ0v) is 16.7. The first-order chi connectivity index (χ1) is 13.2. The molecule has 0 spiro atoms. The molecule has 0 aromatic heterocycles. The van der Waals surface area contributed by atoms with Gasteiger partial charge in [-0.3, -0.25) is 4.72 Å². The van der Waals surface area contributed by atoms with Crippen LogP contribution in [0.5, 0.6) is 0 Å². The fraction of sp³-hybridized carbons (Fsp3) is 0.100. The van der Waals surface area contributed by atoms with Gasteiger partial charge in [0.15, 0.2) is 11.6 Å². The first-order valence-corrected chi connectivity index (χ1v) is 10.1. The van der Waals surface area contributed by atoms with Crippen LogP contribution in [-0.2, 0) is 10.0 Å². The van der Waals surface area contributed by atoms with Crippen LogP contribution in [0.15, 0.2) is 65.6 Å². The second kappa shape index (κ2) is 7.77. The van der Waals surface area contributed by atoms with E-state index in [1.165, 1.54) is 12.1 Å². The maximum atomic E-state index is 14.0. The molecule has 0 fully saturated rings. The zero-order chi connectivity index (χ0) is 20.5. The van der Waals surface area contributed by atoms with Crippen molar-refractivity contribution in [2.75, 3.05) is 23.7 Å². The summed E-state index contributed by atoms with van der Waals surface area (Å²) in [5.41, 5.74) is 1.26. The maximum absolute atomic E-state index is 14.0. The molecule has 0 heterocycles. The Bertz CT molecular complexity index is 1120. The average molecular weight is 423 g/mol. The van der Waals surface area contributed by atoms with Gasteiger partial charge < -0.3 is 4.90 Å². The van der Waals surface area contributed by atoms with Gasteiger partial charge in [0.25, 0.3) is 10.0 Å².